The topological polar surface area (TPSA) is 99.7 Å². The number of aliphatic imine (C=N–C) groups is 1. The van der Waals surface area contributed by atoms with Gasteiger partial charge in [-0.05, 0) is 37.4 Å². The minimum Gasteiger partial charge on any atom is -0.354 e. The highest BCUT2D eigenvalue weighted by Crippen LogP contribution is 2.23. The lowest BCUT2D eigenvalue weighted by molar-refractivity contribution is 0.413. The number of nitrogens with zero attached hydrogens (tertiary/aromatic N) is 1. The summed E-state index contributed by atoms with van der Waals surface area (Å²) >= 11 is 0. The highest BCUT2D eigenvalue weighted by Gasteiger charge is 2.26. The van der Waals surface area contributed by atoms with Gasteiger partial charge in [0, 0.05) is 41.4 Å². The second kappa shape index (κ2) is 12.9. The molecule has 0 spiro atoms. The molecule has 1 aliphatic rings. The van der Waals surface area contributed by atoms with Crippen LogP contribution in [0.2, 0.25) is 0 Å². The molecule has 7 nitrogen and oxygen atoms in total. The van der Waals surface area contributed by atoms with Gasteiger partial charge in [0.05, 0.1) is 5.75 Å². The minimum atomic E-state index is -3.26. The Labute approximate surface area is 194 Å². The molecule has 166 valence electrons. The van der Waals surface area contributed by atoms with Gasteiger partial charge in [0.25, 0.3) is 0 Å². The van der Waals surface area contributed by atoms with Crippen LogP contribution in [0.4, 0.5) is 0 Å². The normalized spacial score (nSPS) is 21.1. The molecule has 10 heteroatoms. The lowest BCUT2D eigenvalue weighted by Crippen LogP contribution is -2.46. The van der Waals surface area contributed by atoms with Gasteiger partial charge in [-0.25, -0.2) is 13.1 Å². The maximum Gasteiger partial charge on any atom is 0.215 e. The fourth-order valence-corrected chi connectivity index (χ4v) is 5.49. The highest BCUT2D eigenvalue weighted by atomic mass is 127. The number of halogens is 1. The van der Waals surface area contributed by atoms with Crippen LogP contribution < -0.4 is 15.4 Å². The van der Waals surface area contributed by atoms with Gasteiger partial charge < -0.3 is 10.6 Å². The molecule has 1 fully saturated rings. The van der Waals surface area contributed by atoms with Crippen molar-refractivity contribution in [2.24, 2.45) is 4.99 Å². The van der Waals surface area contributed by atoms with Crippen molar-refractivity contribution in [3.8, 4) is 0 Å². The van der Waals surface area contributed by atoms with Crippen LogP contribution >= 0.6 is 24.0 Å². The van der Waals surface area contributed by atoms with Gasteiger partial charge in [-0.2, -0.15) is 0 Å². The SMILES string of the molecule is CCS(=O)C1CCCC(NC(=NC)NCc2ccc(CS(=O)(=O)NC)cc2)C1.I. The number of benzene rings is 1. The molecule has 0 radical (unpaired) electrons. The van der Waals surface area contributed by atoms with E-state index in [-0.39, 0.29) is 41.0 Å². The zero-order chi connectivity index (χ0) is 20.6. The van der Waals surface area contributed by atoms with Gasteiger partial charge in [-0.15, -0.1) is 24.0 Å². The van der Waals surface area contributed by atoms with Gasteiger partial charge in [-0.1, -0.05) is 37.6 Å². The summed E-state index contributed by atoms with van der Waals surface area (Å²) in [7, 11) is -0.844. The Bertz CT molecular complexity index is 785. The van der Waals surface area contributed by atoms with Gasteiger partial charge in [0.15, 0.2) is 5.96 Å². The first-order chi connectivity index (χ1) is 13.4. The molecule has 3 N–H and O–H groups in total. The van der Waals surface area contributed by atoms with Crippen LogP contribution in [0.3, 0.4) is 0 Å². The molecule has 0 bridgehead atoms. The van der Waals surface area contributed by atoms with Crippen molar-refractivity contribution < 1.29 is 12.6 Å². The summed E-state index contributed by atoms with van der Waals surface area (Å²) in [6.07, 6.45) is 4.10. The summed E-state index contributed by atoms with van der Waals surface area (Å²) in [5, 5.41) is 7.03. The molecular formula is C19H33IN4O3S2. The number of hydrogen-bond donors (Lipinski definition) is 3. The predicted octanol–water partition coefficient (Wildman–Crippen LogP) is 2.10. The Hall–Kier alpha value is -0.720. The summed E-state index contributed by atoms with van der Waals surface area (Å²) in [5.41, 5.74) is 1.79. The number of hydrogen-bond acceptors (Lipinski definition) is 4. The summed E-state index contributed by atoms with van der Waals surface area (Å²) in [5.74, 6) is 1.42. The molecule has 1 aliphatic carbocycles. The standard InChI is InChI=1S/C19H32N4O3S2.HI/c1-4-27(24)18-7-5-6-17(12-18)23-19(20-2)22-13-15-8-10-16(11-9-15)14-28(25,26)21-3;/h8-11,17-18,21H,4-7,12-14H2,1-3H3,(H2,20,22,23);1H. The van der Waals surface area contributed by atoms with E-state index in [2.05, 4.69) is 20.3 Å². The first kappa shape index (κ1) is 26.3. The molecule has 3 unspecified atom stereocenters. The molecule has 2 rings (SSSR count). The van der Waals surface area contributed by atoms with Crippen LogP contribution in [0.5, 0.6) is 0 Å². The van der Waals surface area contributed by atoms with Crippen LogP contribution in [0, 0.1) is 0 Å². The molecule has 0 aromatic heterocycles. The first-order valence-corrected chi connectivity index (χ1v) is 12.7. The maximum absolute atomic E-state index is 12.1. The van der Waals surface area contributed by atoms with Crippen molar-refractivity contribution in [2.75, 3.05) is 19.8 Å². The third-order valence-electron chi connectivity index (χ3n) is 5.00. The van der Waals surface area contributed by atoms with E-state index in [1.54, 1.807) is 7.05 Å². The number of guanidine groups is 1. The van der Waals surface area contributed by atoms with E-state index in [1.807, 2.05) is 31.2 Å². The average molecular weight is 557 g/mol. The zero-order valence-corrected chi connectivity index (χ0v) is 21.3. The van der Waals surface area contributed by atoms with Crippen molar-refractivity contribution >= 4 is 50.8 Å². The van der Waals surface area contributed by atoms with Crippen molar-refractivity contribution in [2.45, 2.75) is 56.2 Å². The van der Waals surface area contributed by atoms with E-state index in [0.717, 1.165) is 48.5 Å². The third kappa shape index (κ3) is 8.89. The Morgan fingerprint density at radius 2 is 1.86 bits per heavy atom. The molecule has 0 aliphatic heterocycles. The summed E-state index contributed by atoms with van der Waals surface area (Å²) in [4.78, 5) is 4.30. The smallest absolute Gasteiger partial charge is 0.215 e. The van der Waals surface area contributed by atoms with Crippen LogP contribution in [0.1, 0.15) is 43.7 Å². The second-order valence-electron chi connectivity index (χ2n) is 7.00. The fraction of sp³-hybridized carbons (Fsp3) is 0.632. The quantitative estimate of drug-likeness (QED) is 0.259. The van der Waals surface area contributed by atoms with E-state index in [9.17, 15) is 12.6 Å². The van der Waals surface area contributed by atoms with Gasteiger partial charge in [0.1, 0.15) is 0 Å². The number of rotatable bonds is 8. The fourth-order valence-electron chi connectivity index (χ4n) is 3.37. The lowest BCUT2D eigenvalue weighted by atomic mass is 9.95. The third-order valence-corrected chi connectivity index (χ3v) is 8.07. The zero-order valence-electron chi connectivity index (χ0n) is 17.3. The molecule has 1 aromatic rings. The van der Waals surface area contributed by atoms with E-state index < -0.39 is 20.8 Å². The van der Waals surface area contributed by atoms with Crippen molar-refractivity contribution in [3.05, 3.63) is 35.4 Å². The van der Waals surface area contributed by atoms with E-state index >= 15 is 0 Å². The van der Waals surface area contributed by atoms with E-state index in [4.69, 9.17) is 0 Å². The lowest BCUT2D eigenvalue weighted by Gasteiger charge is -2.30. The Kier molecular flexibility index (Phi) is 11.7. The highest BCUT2D eigenvalue weighted by molar-refractivity contribution is 14.0. The van der Waals surface area contributed by atoms with Crippen LogP contribution in [0.15, 0.2) is 29.3 Å². The van der Waals surface area contributed by atoms with Crippen molar-refractivity contribution in [1.29, 1.82) is 0 Å². The maximum atomic E-state index is 12.1. The Balaban J connectivity index is 0.00000420. The molecule has 1 aromatic carbocycles. The Morgan fingerprint density at radius 3 is 2.45 bits per heavy atom. The largest absolute Gasteiger partial charge is 0.354 e. The van der Waals surface area contributed by atoms with Gasteiger partial charge in [0.2, 0.25) is 10.0 Å². The summed E-state index contributed by atoms with van der Waals surface area (Å²) < 4.78 is 37.7. The Morgan fingerprint density at radius 1 is 1.21 bits per heavy atom. The predicted molar refractivity (Wildman–Crippen MR) is 132 cm³/mol. The summed E-state index contributed by atoms with van der Waals surface area (Å²) in [6.45, 7) is 2.57. The van der Waals surface area contributed by atoms with Crippen LogP contribution in [-0.4, -0.2) is 49.7 Å². The van der Waals surface area contributed by atoms with Crippen LogP contribution in [0.25, 0.3) is 0 Å². The molecule has 3 atom stereocenters. The summed E-state index contributed by atoms with van der Waals surface area (Å²) in [6, 6.07) is 7.78. The second-order valence-corrected chi connectivity index (χ2v) is 10.9. The molecule has 29 heavy (non-hydrogen) atoms. The van der Waals surface area contributed by atoms with Crippen molar-refractivity contribution in [3.63, 3.8) is 0 Å². The molecular weight excluding hydrogens is 523 g/mol. The van der Waals surface area contributed by atoms with E-state index in [0.29, 0.717) is 6.54 Å². The molecule has 1 saturated carbocycles. The first-order valence-electron chi connectivity index (χ1n) is 9.70. The molecule has 0 saturated heterocycles. The van der Waals surface area contributed by atoms with E-state index in [1.165, 1.54) is 7.05 Å². The monoisotopic (exact) mass is 556 g/mol. The average Bonchev–Trinajstić information content (AvgIpc) is 2.71. The molecule has 0 heterocycles. The molecule has 0 amide bonds. The number of nitrogens with one attached hydrogen (secondary N) is 3. The van der Waals surface area contributed by atoms with Crippen molar-refractivity contribution in [1.82, 2.24) is 15.4 Å². The van der Waals surface area contributed by atoms with Crippen LogP contribution in [-0.2, 0) is 33.1 Å². The van der Waals surface area contributed by atoms with Gasteiger partial charge >= 0.3 is 0 Å². The minimum absolute atomic E-state index is 0. The number of sulfonamides is 1. The van der Waals surface area contributed by atoms with Gasteiger partial charge in [-0.3, -0.25) is 9.20 Å².